The number of rotatable bonds is 7. The van der Waals surface area contributed by atoms with Crippen molar-refractivity contribution in [3.8, 4) is 0 Å². The van der Waals surface area contributed by atoms with Crippen molar-refractivity contribution in [2.45, 2.75) is 53.0 Å². The number of hydrogen-bond donors (Lipinski definition) is 2. The standard InChI is InChI=1S/C15H26N4O2/c1-6-7-12-18-13(16)10(4)14(19-12)17-11(8-9(2)3)15(20)21-5/h9,11H,6-8H2,1-5H3,(H3,16,17,18,19). The minimum absolute atomic E-state index is 0.294. The number of nitrogens with one attached hydrogen (secondary N) is 1. The molecule has 3 N–H and O–H groups in total. The average Bonchev–Trinajstić information content (AvgIpc) is 2.42. The van der Waals surface area contributed by atoms with Crippen LogP contribution in [-0.4, -0.2) is 29.1 Å². The molecule has 6 nitrogen and oxygen atoms in total. The van der Waals surface area contributed by atoms with Crippen molar-refractivity contribution < 1.29 is 9.53 Å². The van der Waals surface area contributed by atoms with E-state index in [1.54, 1.807) is 0 Å². The highest BCUT2D eigenvalue weighted by atomic mass is 16.5. The zero-order chi connectivity index (χ0) is 16.0. The van der Waals surface area contributed by atoms with Gasteiger partial charge >= 0.3 is 5.97 Å². The maximum Gasteiger partial charge on any atom is 0.328 e. The quantitative estimate of drug-likeness (QED) is 0.750. The zero-order valence-corrected chi connectivity index (χ0v) is 13.6. The molecule has 0 aliphatic heterocycles. The lowest BCUT2D eigenvalue weighted by Crippen LogP contribution is -2.33. The van der Waals surface area contributed by atoms with Gasteiger partial charge in [-0.15, -0.1) is 0 Å². The molecule has 0 saturated carbocycles. The Balaban J connectivity index is 3.04. The van der Waals surface area contributed by atoms with E-state index in [9.17, 15) is 4.79 Å². The van der Waals surface area contributed by atoms with E-state index in [2.05, 4.69) is 36.1 Å². The van der Waals surface area contributed by atoms with Crippen molar-refractivity contribution in [1.29, 1.82) is 0 Å². The van der Waals surface area contributed by atoms with Crippen molar-refractivity contribution in [1.82, 2.24) is 9.97 Å². The van der Waals surface area contributed by atoms with Crippen LogP contribution in [0.4, 0.5) is 11.6 Å². The number of nitrogens with zero attached hydrogens (tertiary/aromatic N) is 2. The molecule has 1 atom stereocenters. The average molecular weight is 294 g/mol. The predicted molar refractivity (Wildman–Crippen MR) is 84.1 cm³/mol. The van der Waals surface area contributed by atoms with Crippen molar-refractivity contribution in [3.63, 3.8) is 0 Å². The summed E-state index contributed by atoms with van der Waals surface area (Å²) >= 11 is 0. The molecule has 0 aliphatic carbocycles. The second kappa shape index (κ2) is 7.81. The molecule has 1 unspecified atom stereocenters. The molecule has 0 spiro atoms. The maximum atomic E-state index is 11.9. The molecule has 1 rings (SSSR count). The molecule has 118 valence electrons. The fraction of sp³-hybridized carbons (Fsp3) is 0.667. The molecular formula is C15H26N4O2. The van der Waals surface area contributed by atoms with Gasteiger partial charge in [0.15, 0.2) is 0 Å². The first kappa shape index (κ1) is 17.2. The molecule has 0 saturated heterocycles. The Kier molecular flexibility index (Phi) is 6.39. The summed E-state index contributed by atoms with van der Waals surface area (Å²) in [7, 11) is 1.39. The van der Waals surface area contributed by atoms with Gasteiger partial charge in [0, 0.05) is 12.0 Å². The topological polar surface area (TPSA) is 90.1 Å². The van der Waals surface area contributed by atoms with Gasteiger partial charge in [-0.2, -0.15) is 0 Å². The normalized spacial score (nSPS) is 12.3. The molecule has 1 aromatic heterocycles. The smallest absolute Gasteiger partial charge is 0.328 e. The molecule has 0 aromatic carbocycles. The SMILES string of the molecule is CCCc1nc(N)c(C)c(NC(CC(C)C)C(=O)OC)n1. The molecule has 0 radical (unpaired) electrons. The third-order valence-corrected chi connectivity index (χ3v) is 3.21. The van der Waals surface area contributed by atoms with E-state index in [1.165, 1.54) is 7.11 Å². The summed E-state index contributed by atoms with van der Waals surface area (Å²) in [6, 6.07) is -0.433. The zero-order valence-electron chi connectivity index (χ0n) is 13.6. The van der Waals surface area contributed by atoms with Gasteiger partial charge < -0.3 is 15.8 Å². The number of aryl methyl sites for hydroxylation is 1. The molecule has 0 fully saturated rings. The van der Waals surface area contributed by atoms with Crippen LogP contribution in [0.5, 0.6) is 0 Å². The van der Waals surface area contributed by atoms with E-state index in [1.807, 2.05) is 6.92 Å². The number of nitrogens with two attached hydrogens (primary N) is 1. The Hall–Kier alpha value is -1.85. The number of hydrogen-bond acceptors (Lipinski definition) is 6. The Bertz CT molecular complexity index is 489. The first-order valence-corrected chi connectivity index (χ1v) is 7.36. The van der Waals surface area contributed by atoms with Crippen molar-refractivity contribution >= 4 is 17.6 Å². The van der Waals surface area contributed by atoms with Crippen LogP contribution < -0.4 is 11.1 Å². The minimum Gasteiger partial charge on any atom is -0.467 e. The molecular weight excluding hydrogens is 268 g/mol. The van der Waals surface area contributed by atoms with Crippen LogP contribution in [0.3, 0.4) is 0 Å². The van der Waals surface area contributed by atoms with E-state index < -0.39 is 6.04 Å². The molecule has 1 aromatic rings. The van der Waals surface area contributed by atoms with Crippen molar-refractivity contribution in [2.75, 3.05) is 18.2 Å². The summed E-state index contributed by atoms with van der Waals surface area (Å²) in [6.07, 6.45) is 2.36. The second-order valence-corrected chi connectivity index (χ2v) is 5.60. The number of carbonyl (C=O) groups is 1. The second-order valence-electron chi connectivity index (χ2n) is 5.60. The highest BCUT2D eigenvalue weighted by Gasteiger charge is 2.22. The third-order valence-electron chi connectivity index (χ3n) is 3.21. The van der Waals surface area contributed by atoms with Gasteiger partial charge in [0.25, 0.3) is 0 Å². The first-order chi connectivity index (χ1) is 9.88. The number of aromatic nitrogens is 2. The minimum atomic E-state index is -0.433. The Morgan fingerprint density at radius 3 is 2.57 bits per heavy atom. The van der Waals surface area contributed by atoms with Crippen LogP contribution in [0.25, 0.3) is 0 Å². The van der Waals surface area contributed by atoms with Gasteiger partial charge in [0.1, 0.15) is 23.5 Å². The summed E-state index contributed by atoms with van der Waals surface area (Å²) in [5, 5.41) is 3.16. The van der Waals surface area contributed by atoms with E-state index >= 15 is 0 Å². The van der Waals surface area contributed by atoms with E-state index in [-0.39, 0.29) is 5.97 Å². The number of methoxy groups -OCH3 is 1. The van der Waals surface area contributed by atoms with Gasteiger partial charge in [-0.1, -0.05) is 20.8 Å². The van der Waals surface area contributed by atoms with Gasteiger partial charge in [0.05, 0.1) is 7.11 Å². The molecule has 0 amide bonds. The van der Waals surface area contributed by atoms with Crippen LogP contribution >= 0.6 is 0 Å². The van der Waals surface area contributed by atoms with E-state index in [4.69, 9.17) is 10.5 Å². The summed E-state index contributed by atoms with van der Waals surface area (Å²) in [4.78, 5) is 20.6. The van der Waals surface area contributed by atoms with Crippen LogP contribution in [0.2, 0.25) is 0 Å². The fourth-order valence-corrected chi connectivity index (χ4v) is 2.05. The summed E-state index contributed by atoms with van der Waals surface area (Å²) in [6.45, 7) is 8.02. The lowest BCUT2D eigenvalue weighted by atomic mass is 10.0. The van der Waals surface area contributed by atoms with Crippen molar-refractivity contribution in [2.24, 2.45) is 5.92 Å². The number of carbonyl (C=O) groups excluding carboxylic acids is 1. The Morgan fingerprint density at radius 2 is 2.05 bits per heavy atom. The molecule has 6 heteroatoms. The fourth-order valence-electron chi connectivity index (χ4n) is 2.05. The van der Waals surface area contributed by atoms with Crippen molar-refractivity contribution in [3.05, 3.63) is 11.4 Å². The monoisotopic (exact) mass is 294 g/mol. The highest BCUT2D eigenvalue weighted by Crippen LogP contribution is 2.20. The Morgan fingerprint density at radius 1 is 1.38 bits per heavy atom. The van der Waals surface area contributed by atoms with Gasteiger partial charge in [-0.05, 0) is 25.7 Å². The maximum absolute atomic E-state index is 11.9. The summed E-state index contributed by atoms with van der Waals surface area (Å²) in [5.74, 6) is 1.82. The van der Waals surface area contributed by atoms with Crippen LogP contribution in [0.1, 0.15) is 45.0 Å². The van der Waals surface area contributed by atoms with Gasteiger partial charge in [0.2, 0.25) is 0 Å². The predicted octanol–water partition coefficient (Wildman–Crippen LogP) is 2.32. The molecule has 0 bridgehead atoms. The third kappa shape index (κ3) is 4.88. The number of anilines is 2. The lowest BCUT2D eigenvalue weighted by molar-refractivity contribution is -0.141. The summed E-state index contributed by atoms with van der Waals surface area (Å²) < 4.78 is 4.86. The van der Waals surface area contributed by atoms with Gasteiger partial charge in [-0.3, -0.25) is 0 Å². The molecule has 21 heavy (non-hydrogen) atoms. The highest BCUT2D eigenvalue weighted by molar-refractivity contribution is 5.79. The first-order valence-electron chi connectivity index (χ1n) is 7.36. The van der Waals surface area contributed by atoms with Crippen LogP contribution in [-0.2, 0) is 16.0 Å². The molecule has 0 aliphatic rings. The van der Waals surface area contributed by atoms with Crippen LogP contribution in [0.15, 0.2) is 0 Å². The van der Waals surface area contributed by atoms with Gasteiger partial charge in [-0.25, -0.2) is 14.8 Å². The van der Waals surface area contributed by atoms with E-state index in [0.717, 1.165) is 18.4 Å². The van der Waals surface area contributed by atoms with E-state index in [0.29, 0.717) is 29.8 Å². The summed E-state index contributed by atoms with van der Waals surface area (Å²) in [5.41, 5.74) is 6.69. The lowest BCUT2D eigenvalue weighted by Gasteiger charge is -2.20. The largest absolute Gasteiger partial charge is 0.467 e. The Labute approximate surface area is 126 Å². The number of ether oxygens (including phenoxy) is 1. The van der Waals surface area contributed by atoms with Crippen LogP contribution in [0, 0.1) is 12.8 Å². The number of esters is 1. The number of nitrogen functional groups attached to an aromatic ring is 1. The molecule has 1 heterocycles.